The fourth-order valence-corrected chi connectivity index (χ4v) is 2.40. The second-order valence-electron chi connectivity index (χ2n) is 4.13. The molecular formula is C10H17N3S. The Balaban J connectivity index is 2.20. The highest BCUT2D eigenvalue weighted by Crippen LogP contribution is 2.29. The van der Waals surface area contributed by atoms with Crippen LogP contribution in [0.3, 0.4) is 0 Å². The number of nitrogens with one attached hydrogen (secondary N) is 1. The van der Waals surface area contributed by atoms with Crippen molar-refractivity contribution in [2.75, 3.05) is 0 Å². The molecule has 1 saturated carbocycles. The number of aromatic amines is 1. The van der Waals surface area contributed by atoms with E-state index in [1.807, 2.05) is 11.6 Å². The van der Waals surface area contributed by atoms with Gasteiger partial charge in [0.1, 0.15) is 5.82 Å². The Morgan fingerprint density at radius 2 is 1.93 bits per heavy atom. The maximum absolute atomic E-state index is 5.12. The molecule has 0 atom stereocenters. The minimum atomic E-state index is 0.621. The number of H-pyrrole nitrogens is 1. The molecule has 0 unspecified atom stereocenters. The molecule has 0 radical (unpaired) electrons. The van der Waals surface area contributed by atoms with Crippen molar-refractivity contribution in [1.82, 2.24) is 14.8 Å². The zero-order valence-electron chi connectivity index (χ0n) is 8.62. The van der Waals surface area contributed by atoms with Crippen LogP contribution in [0.4, 0.5) is 0 Å². The van der Waals surface area contributed by atoms with E-state index in [1.165, 1.54) is 38.5 Å². The molecule has 1 heterocycles. The first-order valence-electron chi connectivity index (χ1n) is 5.40. The maximum atomic E-state index is 5.12. The van der Waals surface area contributed by atoms with Gasteiger partial charge in [-0.05, 0) is 25.1 Å². The summed E-state index contributed by atoms with van der Waals surface area (Å²) in [6.45, 7) is 0. The molecule has 2 rings (SSSR count). The normalized spacial score (nSPS) is 19.5. The second kappa shape index (κ2) is 4.26. The van der Waals surface area contributed by atoms with E-state index < -0.39 is 0 Å². The summed E-state index contributed by atoms with van der Waals surface area (Å²) in [5.74, 6) is 1.77. The van der Waals surface area contributed by atoms with Gasteiger partial charge in [0.2, 0.25) is 0 Å². The molecule has 0 aliphatic heterocycles. The molecule has 1 fully saturated rings. The first-order chi connectivity index (χ1) is 6.79. The molecule has 78 valence electrons. The molecule has 14 heavy (non-hydrogen) atoms. The average Bonchev–Trinajstić information content (AvgIpc) is 2.47. The van der Waals surface area contributed by atoms with Gasteiger partial charge in [-0.2, -0.15) is 5.10 Å². The number of aromatic nitrogens is 3. The summed E-state index contributed by atoms with van der Waals surface area (Å²) in [7, 11) is 2.01. The smallest absolute Gasteiger partial charge is 0.194 e. The lowest BCUT2D eigenvalue weighted by Crippen LogP contribution is -2.05. The molecule has 1 N–H and O–H groups in total. The summed E-state index contributed by atoms with van der Waals surface area (Å²) in [5, 5.41) is 7.20. The van der Waals surface area contributed by atoms with Crippen LogP contribution in [0.15, 0.2) is 0 Å². The topological polar surface area (TPSA) is 33.6 Å². The van der Waals surface area contributed by atoms with Gasteiger partial charge in [-0.25, -0.2) is 0 Å². The number of rotatable bonds is 1. The van der Waals surface area contributed by atoms with Crippen molar-refractivity contribution < 1.29 is 0 Å². The van der Waals surface area contributed by atoms with Gasteiger partial charge in [0.25, 0.3) is 0 Å². The zero-order valence-corrected chi connectivity index (χ0v) is 9.44. The summed E-state index contributed by atoms with van der Waals surface area (Å²) < 4.78 is 2.76. The number of hydrogen-bond donors (Lipinski definition) is 1. The largest absolute Gasteiger partial charge is 0.307 e. The van der Waals surface area contributed by atoms with Gasteiger partial charge in [-0.1, -0.05) is 25.7 Å². The van der Waals surface area contributed by atoms with Crippen LogP contribution in [-0.4, -0.2) is 14.8 Å². The van der Waals surface area contributed by atoms with Gasteiger partial charge in [0.05, 0.1) is 0 Å². The third-order valence-electron chi connectivity index (χ3n) is 3.13. The monoisotopic (exact) mass is 211 g/mol. The number of hydrogen-bond acceptors (Lipinski definition) is 2. The Kier molecular flexibility index (Phi) is 3.01. The van der Waals surface area contributed by atoms with E-state index in [0.717, 1.165) is 10.6 Å². The lowest BCUT2D eigenvalue weighted by atomic mass is 10.00. The van der Waals surface area contributed by atoms with Crippen molar-refractivity contribution in [2.45, 2.75) is 44.4 Å². The zero-order chi connectivity index (χ0) is 9.97. The van der Waals surface area contributed by atoms with E-state index in [1.54, 1.807) is 0 Å². The van der Waals surface area contributed by atoms with Gasteiger partial charge in [-0.15, -0.1) is 0 Å². The van der Waals surface area contributed by atoms with Crippen molar-refractivity contribution in [3.05, 3.63) is 10.6 Å². The van der Waals surface area contributed by atoms with Gasteiger partial charge < -0.3 is 4.57 Å². The molecule has 0 amide bonds. The lowest BCUT2D eigenvalue weighted by Gasteiger charge is -2.12. The van der Waals surface area contributed by atoms with Crippen LogP contribution in [0.2, 0.25) is 0 Å². The SMILES string of the molecule is Cn1c(C2CCCCCC2)n[nH]c1=S. The van der Waals surface area contributed by atoms with Crippen LogP contribution in [0, 0.1) is 4.77 Å². The van der Waals surface area contributed by atoms with Crippen molar-refractivity contribution in [1.29, 1.82) is 0 Å². The summed E-state index contributed by atoms with van der Waals surface area (Å²) in [5.41, 5.74) is 0. The molecule has 1 aliphatic rings. The fraction of sp³-hybridized carbons (Fsp3) is 0.800. The van der Waals surface area contributed by atoms with E-state index >= 15 is 0 Å². The molecule has 1 aliphatic carbocycles. The third-order valence-corrected chi connectivity index (χ3v) is 3.50. The summed E-state index contributed by atoms with van der Waals surface area (Å²) >= 11 is 5.12. The van der Waals surface area contributed by atoms with E-state index in [-0.39, 0.29) is 0 Å². The van der Waals surface area contributed by atoms with E-state index in [4.69, 9.17) is 12.2 Å². The van der Waals surface area contributed by atoms with Crippen LogP contribution in [0.25, 0.3) is 0 Å². The summed E-state index contributed by atoms with van der Waals surface area (Å²) in [6, 6.07) is 0. The van der Waals surface area contributed by atoms with E-state index in [9.17, 15) is 0 Å². The van der Waals surface area contributed by atoms with Crippen LogP contribution < -0.4 is 0 Å². The van der Waals surface area contributed by atoms with Crippen molar-refractivity contribution in [2.24, 2.45) is 7.05 Å². The fourth-order valence-electron chi connectivity index (χ4n) is 2.26. The molecule has 1 aromatic heterocycles. The average molecular weight is 211 g/mol. The Morgan fingerprint density at radius 3 is 2.43 bits per heavy atom. The predicted octanol–water partition coefficient (Wildman–Crippen LogP) is 2.92. The van der Waals surface area contributed by atoms with Gasteiger partial charge >= 0.3 is 0 Å². The Hall–Kier alpha value is -0.640. The van der Waals surface area contributed by atoms with Gasteiger partial charge in [-0.3, -0.25) is 5.10 Å². The minimum absolute atomic E-state index is 0.621. The van der Waals surface area contributed by atoms with Crippen LogP contribution >= 0.6 is 12.2 Å². The van der Waals surface area contributed by atoms with Crippen molar-refractivity contribution in [3.63, 3.8) is 0 Å². The standard InChI is InChI=1S/C10H17N3S/c1-13-9(11-12-10(13)14)8-6-4-2-3-5-7-8/h8H,2-7H2,1H3,(H,12,14). The maximum Gasteiger partial charge on any atom is 0.194 e. The second-order valence-corrected chi connectivity index (χ2v) is 4.52. The van der Waals surface area contributed by atoms with Gasteiger partial charge in [0, 0.05) is 13.0 Å². The first kappa shape index (κ1) is 9.90. The third kappa shape index (κ3) is 1.90. The molecule has 3 nitrogen and oxygen atoms in total. The summed E-state index contributed by atoms with van der Waals surface area (Å²) in [6.07, 6.45) is 7.98. The molecular weight excluding hydrogens is 194 g/mol. The van der Waals surface area contributed by atoms with E-state index in [2.05, 4.69) is 10.2 Å². The van der Waals surface area contributed by atoms with E-state index in [0.29, 0.717) is 5.92 Å². The van der Waals surface area contributed by atoms with Crippen LogP contribution in [-0.2, 0) is 7.05 Å². The predicted molar refractivity (Wildman–Crippen MR) is 58.8 cm³/mol. The molecule has 4 heteroatoms. The molecule has 0 aromatic carbocycles. The number of nitrogens with zero attached hydrogens (tertiary/aromatic N) is 2. The quantitative estimate of drug-likeness (QED) is 0.572. The minimum Gasteiger partial charge on any atom is -0.307 e. The highest BCUT2D eigenvalue weighted by Gasteiger charge is 2.18. The van der Waals surface area contributed by atoms with Crippen molar-refractivity contribution >= 4 is 12.2 Å². The highest BCUT2D eigenvalue weighted by atomic mass is 32.1. The Morgan fingerprint density at radius 1 is 1.29 bits per heavy atom. The van der Waals surface area contributed by atoms with Crippen molar-refractivity contribution in [3.8, 4) is 0 Å². The Labute approximate surface area is 89.5 Å². The molecule has 0 saturated heterocycles. The Bertz CT molecular complexity index is 344. The summed E-state index contributed by atoms with van der Waals surface area (Å²) in [4.78, 5) is 0. The first-order valence-corrected chi connectivity index (χ1v) is 5.81. The van der Waals surface area contributed by atoms with Crippen LogP contribution in [0.5, 0.6) is 0 Å². The van der Waals surface area contributed by atoms with Crippen LogP contribution in [0.1, 0.15) is 50.3 Å². The van der Waals surface area contributed by atoms with Gasteiger partial charge in [0.15, 0.2) is 4.77 Å². The molecule has 1 aromatic rings. The highest BCUT2D eigenvalue weighted by molar-refractivity contribution is 7.71. The lowest BCUT2D eigenvalue weighted by molar-refractivity contribution is 0.540. The molecule has 0 bridgehead atoms. The molecule has 0 spiro atoms.